The summed E-state index contributed by atoms with van der Waals surface area (Å²) in [5, 5.41) is 3.49. The summed E-state index contributed by atoms with van der Waals surface area (Å²) in [4.78, 5) is 13.3. The molecule has 170 valence electrons. The van der Waals surface area contributed by atoms with E-state index in [1.807, 2.05) is 36.4 Å². The van der Waals surface area contributed by atoms with Crippen molar-refractivity contribution >= 4 is 11.5 Å². The summed E-state index contributed by atoms with van der Waals surface area (Å²) in [7, 11) is 0. The lowest BCUT2D eigenvalue weighted by molar-refractivity contribution is 0.0993. The van der Waals surface area contributed by atoms with E-state index in [0.29, 0.717) is 23.4 Å². The zero-order valence-corrected chi connectivity index (χ0v) is 19.6. The van der Waals surface area contributed by atoms with E-state index in [1.165, 1.54) is 36.8 Å². The molecule has 3 aromatic rings. The zero-order valence-electron chi connectivity index (χ0n) is 19.6. The Labute approximate surface area is 197 Å². The highest BCUT2D eigenvalue weighted by Crippen LogP contribution is 2.44. The van der Waals surface area contributed by atoms with Crippen LogP contribution in [-0.4, -0.2) is 18.9 Å². The zero-order chi connectivity index (χ0) is 22.8. The Balaban J connectivity index is 1.37. The van der Waals surface area contributed by atoms with Gasteiger partial charge in [0.05, 0.1) is 0 Å². The standard InChI is InChI=1S/C30H34N2O/c1-30(13-15-32-16-14-30)20-25-10-9-24(18-27(25)22-7-8-22)29(33)19-26-17-23(11-12-28(26)31)21-5-3-2-4-6-21/h2-6,9-12,17-18,22,32H,7-8,13-16,19-20,31H2,1H3. The van der Waals surface area contributed by atoms with Crippen LogP contribution < -0.4 is 11.1 Å². The quantitative estimate of drug-likeness (QED) is 0.342. The molecule has 0 aromatic heterocycles. The van der Waals surface area contributed by atoms with E-state index in [-0.39, 0.29) is 5.78 Å². The predicted octanol–water partition coefficient (Wildman–Crippen LogP) is 6.17. The van der Waals surface area contributed by atoms with E-state index >= 15 is 0 Å². The summed E-state index contributed by atoms with van der Waals surface area (Å²) in [5.41, 5.74) is 14.1. The van der Waals surface area contributed by atoms with Crippen molar-refractivity contribution < 1.29 is 4.79 Å². The van der Waals surface area contributed by atoms with Gasteiger partial charge < -0.3 is 11.1 Å². The Morgan fingerprint density at radius 3 is 2.42 bits per heavy atom. The smallest absolute Gasteiger partial charge is 0.167 e. The molecule has 3 nitrogen and oxygen atoms in total. The first kappa shape index (κ1) is 21.9. The molecule has 1 heterocycles. The molecule has 3 heteroatoms. The van der Waals surface area contributed by atoms with Crippen LogP contribution in [0.15, 0.2) is 66.7 Å². The number of ketones is 1. The van der Waals surface area contributed by atoms with Gasteiger partial charge in [0.2, 0.25) is 0 Å². The van der Waals surface area contributed by atoms with Gasteiger partial charge in [0.1, 0.15) is 0 Å². The number of hydrogen-bond donors (Lipinski definition) is 2. The van der Waals surface area contributed by atoms with Gasteiger partial charge in [0, 0.05) is 17.7 Å². The van der Waals surface area contributed by atoms with Crippen molar-refractivity contribution in [2.75, 3.05) is 18.8 Å². The van der Waals surface area contributed by atoms with Gasteiger partial charge in [0.15, 0.2) is 5.78 Å². The van der Waals surface area contributed by atoms with E-state index in [1.54, 1.807) is 0 Å². The Morgan fingerprint density at radius 2 is 1.70 bits per heavy atom. The number of hydrogen-bond acceptors (Lipinski definition) is 3. The van der Waals surface area contributed by atoms with Gasteiger partial charge >= 0.3 is 0 Å². The number of nitrogens with two attached hydrogens (primary N) is 1. The molecule has 0 amide bonds. The van der Waals surface area contributed by atoms with Crippen LogP contribution >= 0.6 is 0 Å². The first-order valence-electron chi connectivity index (χ1n) is 12.3. The molecule has 33 heavy (non-hydrogen) atoms. The fourth-order valence-electron chi connectivity index (χ4n) is 5.21. The molecule has 1 saturated heterocycles. The first-order chi connectivity index (χ1) is 16.0. The maximum absolute atomic E-state index is 13.3. The van der Waals surface area contributed by atoms with Crippen molar-refractivity contribution in [3.8, 4) is 11.1 Å². The van der Waals surface area contributed by atoms with E-state index in [2.05, 4.69) is 42.6 Å². The lowest BCUT2D eigenvalue weighted by Crippen LogP contribution is -2.36. The molecule has 0 atom stereocenters. The molecule has 0 spiro atoms. The number of Topliss-reactive ketones (excluding diaryl/α,β-unsaturated/α-hetero) is 1. The lowest BCUT2D eigenvalue weighted by Gasteiger charge is -2.35. The van der Waals surface area contributed by atoms with Gasteiger partial charge in [-0.2, -0.15) is 0 Å². The van der Waals surface area contributed by atoms with E-state index in [9.17, 15) is 4.79 Å². The van der Waals surface area contributed by atoms with Crippen molar-refractivity contribution in [2.45, 2.75) is 51.4 Å². The average Bonchev–Trinajstić information content (AvgIpc) is 3.67. The molecule has 2 fully saturated rings. The second-order valence-electron chi connectivity index (χ2n) is 10.3. The van der Waals surface area contributed by atoms with Crippen molar-refractivity contribution in [1.29, 1.82) is 0 Å². The van der Waals surface area contributed by atoms with Gasteiger partial charge in [0.25, 0.3) is 0 Å². The van der Waals surface area contributed by atoms with Crippen LogP contribution in [0, 0.1) is 5.41 Å². The monoisotopic (exact) mass is 438 g/mol. The lowest BCUT2D eigenvalue weighted by atomic mass is 9.75. The highest BCUT2D eigenvalue weighted by molar-refractivity contribution is 5.98. The molecule has 0 unspecified atom stereocenters. The van der Waals surface area contributed by atoms with Crippen LogP contribution in [0.4, 0.5) is 5.69 Å². The molecule has 0 radical (unpaired) electrons. The molecule has 1 aliphatic carbocycles. The van der Waals surface area contributed by atoms with Crippen molar-refractivity contribution in [3.05, 3.63) is 89.0 Å². The summed E-state index contributed by atoms with van der Waals surface area (Å²) in [6.45, 7) is 4.64. The number of benzene rings is 3. The minimum atomic E-state index is 0.147. The van der Waals surface area contributed by atoms with E-state index in [0.717, 1.165) is 41.8 Å². The minimum absolute atomic E-state index is 0.147. The third kappa shape index (κ3) is 5.04. The number of piperidine rings is 1. The molecule has 1 aliphatic heterocycles. The second kappa shape index (κ2) is 9.15. The topological polar surface area (TPSA) is 55.1 Å². The van der Waals surface area contributed by atoms with Gasteiger partial charge in [-0.25, -0.2) is 0 Å². The summed E-state index contributed by atoms with van der Waals surface area (Å²) in [6.07, 6.45) is 6.37. The molecule has 3 aromatic carbocycles. The average molecular weight is 439 g/mol. The van der Waals surface area contributed by atoms with Crippen LogP contribution in [0.25, 0.3) is 11.1 Å². The number of carbonyl (C=O) groups is 1. The van der Waals surface area contributed by atoms with Crippen molar-refractivity contribution in [1.82, 2.24) is 5.32 Å². The third-order valence-corrected chi connectivity index (χ3v) is 7.51. The Morgan fingerprint density at radius 1 is 0.939 bits per heavy atom. The summed E-state index contributed by atoms with van der Waals surface area (Å²) in [6, 6.07) is 22.7. The van der Waals surface area contributed by atoms with Crippen LogP contribution in [0.3, 0.4) is 0 Å². The van der Waals surface area contributed by atoms with Crippen molar-refractivity contribution in [2.24, 2.45) is 5.41 Å². The Bertz CT molecular complexity index is 1140. The number of nitrogens with one attached hydrogen (secondary N) is 1. The molecular weight excluding hydrogens is 404 g/mol. The first-order valence-corrected chi connectivity index (χ1v) is 12.3. The van der Waals surface area contributed by atoms with Gasteiger partial charge in [-0.1, -0.05) is 55.5 Å². The highest BCUT2D eigenvalue weighted by atomic mass is 16.1. The molecular formula is C30H34N2O. The highest BCUT2D eigenvalue weighted by Gasteiger charge is 2.32. The fourth-order valence-corrected chi connectivity index (χ4v) is 5.21. The normalized spacial score (nSPS) is 17.6. The molecule has 0 bridgehead atoms. The number of anilines is 1. The molecule has 2 aliphatic rings. The predicted molar refractivity (Wildman–Crippen MR) is 137 cm³/mol. The number of rotatable bonds is 7. The minimum Gasteiger partial charge on any atom is -0.398 e. The van der Waals surface area contributed by atoms with Gasteiger partial charge in [-0.3, -0.25) is 4.79 Å². The van der Waals surface area contributed by atoms with Gasteiger partial charge in [-0.05, 0) is 103 Å². The van der Waals surface area contributed by atoms with Gasteiger partial charge in [-0.15, -0.1) is 0 Å². The van der Waals surface area contributed by atoms with Crippen molar-refractivity contribution in [3.63, 3.8) is 0 Å². The Kier molecular flexibility index (Phi) is 6.07. The van der Waals surface area contributed by atoms with Crippen LogP contribution in [0.5, 0.6) is 0 Å². The van der Waals surface area contributed by atoms with Crippen LogP contribution in [0.2, 0.25) is 0 Å². The molecule has 5 rings (SSSR count). The SMILES string of the molecule is CC1(Cc2ccc(C(=O)Cc3cc(-c4ccccc4)ccc3N)cc2C2CC2)CCNCC1. The summed E-state index contributed by atoms with van der Waals surface area (Å²) in [5.74, 6) is 0.776. The maximum Gasteiger partial charge on any atom is 0.167 e. The molecule has 3 N–H and O–H groups in total. The van der Waals surface area contributed by atoms with E-state index < -0.39 is 0 Å². The number of nitrogen functional groups attached to an aromatic ring is 1. The third-order valence-electron chi connectivity index (χ3n) is 7.51. The summed E-state index contributed by atoms with van der Waals surface area (Å²) < 4.78 is 0. The second-order valence-corrected chi connectivity index (χ2v) is 10.3. The maximum atomic E-state index is 13.3. The van der Waals surface area contributed by atoms with Crippen LogP contribution in [-0.2, 0) is 12.8 Å². The Hall–Kier alpha value is -2.91. The van der Waals surface area contributed by atoms with E-state index in [4.69, 9.17) is 5.73 Å². The van der Waals surface area contributed by atoms with Crippen LogP contribution in [0.1, 0.15) is 65.6 Å². The number of carbonyl (C=O) groups excluding carboxylic acids is 1. The molecule has 1 saturated carbocycles. The largest absolute Gasteiger partial charge is 0.398 e. The fraction of sp³-hybridized carbons (Fsp3) is 0.367. The summed E-state index contributed by atoms with van der Waals surface area (Å²) >= 11 is 0.